The molecule has 0 aromatic heterocycles. The molecular formula is C14H19NO. The van der Waals surface area contributed by atoms with E-state index in [1.807, 2.05) is 26.0 Å². The van der Waals surface area contributed by atoms with Gasteiger partial charge in [0.2, 0.25) is 0 Å². The Morgan fingerprint density at radius 2 is 2.00 bits per heavy atom. The highest BCUT2D eigenvalue weighted by atomic mass is 16.1. The molecule has 1 heterocycles. The van der Waals surface area contributed by atoms with Crippen molar-refractivity contribution in [2.24, 2.45) is 0 Å². The first-order valence-electron chi connectivity index (χ1n) is 6.00. The molecule has 1 aliphatic rings. The minimum Gasteiger partial charge on any atom is -0.314 e. The molecule has 0 radical (unpaired) electrons. The van der Waals surface area contributed by atoms with E-state index in [9.17, 15) is 4.79 Å². The summed E-state index contributed by atoms with van der Waals surface area (Å²) >= 11 is 0. The SMILES string of the molecule is Cc1cc(C)cc(C(=O)CC2CCCN2)c1. The van der Waals surface area contributed by atoms with Crippen LogP contribution in [-0.2, 0) is 0 Å². The zero-order valence-electron chi connectivity index (χ0n) is 10.0. The monoisotopic (exact) mass is 217 g/mol. The normalized spacial score (nSPS) is 20.0. The van der Waals surface area contributed by atoms with Crippen molar-refractivity contribution >= 4 is 5.78 Å². The summed E-state index contributed by atoms with van der Waals surface area (Å²) in [5.41, 5.74) is 3.21. The van der Waals surface area contributed by atoms with Gasteiger partial charge in [-0.1, -0.05) is 17.2 Å². The summed E-state index contributed by atoms with van der Waals surface area (Å²) < 4.78 is 0. The van der Waals surface area contributed by atoms with Gasteiger partial charge in [0.25, 0.3) is 0 Å². The Labute approximate surface area is 97.1 Å². The zero-order chi connectivity index (χ0) is 11.5. The maximum absolute atomic E-state index is 12.1. The maximum atomic E-state index is 12.1. The number of carbonyl (C=O) groups is 1. The summed E-state index contributed by atoms with van der Waals surface area (Å²) in [5.74, 6) is 0.270. The Bertz CT molecular complexity index is 371. The van der Waals surface area contributed by atoms with Gasteiger partial charge in [0, 0.05) is 18.0 Å². The highest BCUT2D eigenvalue weighted by Gasteiger charge is 2.18. The number of rotatable bonds is 3. The van der Waals surface area contributed by atoms with E-state index in [0.29, 0.717) is 12.5 Å². The Kier molecular flexibility index (Phi) is 3.39. The van der Waals surface area contributed by atoms with Crippen molar-refractivity contribution in [2.75, 3.05) is 6.54 Å². The number of hydrogen-bond donors (Lipinski definition) is 1. The molecule has 1 unspecified atom stereocenters. The molecule has 0 saturated carbocycles. The van der Waals surface area contributed by atoms with E-state index >= 15 is 0 Å². The van der Waals surface area contributed by atoms with Crippen LogP contribution in [0.5, 0.6) is 0 Å². The van der Waals surface area contributed by atoms with E-state index in [0.717, 1.165) is 18.5 Å². The second kappa shape index (κ2) is 4.79. The van der Waals surface area contributed by atoms with Crippen LogP contribution in [0.15, 0.2) is 18.2 Å². The minimum absolute atomic E-state index is 0.270. The van der Waals surface area contributed by atoms with Crippen molar-refractivity contribution in [3.05, 3.63) is 34.9 Å². The second-order valence-electron chi connectivity index (χ2n) is 4.80. The van der Waals surface area contributed by atoms with Crippen LogP contribution >= 0.6 is 0 Å². The average molecular weight is 217 g/mol. The Morgan fingerprint density at radius 1 is 1.31 bits per heavy atom. The van der Waals surface area contributed by atoms with Crippen LogP contribution in [-0.4, -0.2) is 18.4 Å². The van der Waals surface area contributed by atoms with E-state index < -0.39 is 0 Å². The Hall–Kier alpha value is -1.15. The second-order valence-corrected chi connectivity index (χ2v) is 4.80. The smallest absolute Gasteiger partial charge is 0.164 e. The molecule has 2 heteroatoms. The standard InChI is InChI=1S/C14H19NO/c1-10-6-11(2)8-12(7-10)14(16)9-13-4-3-5-15-13/h6-8,13,15H,3-5,9H2,1-2H3. The fourth-order valence-corrected chi connectivity index (χ4v) is 2.41. The Morgan fingerprint density at radius 3 is 2.56 bits per heavy atom. The van der Waals surface area contributed by atoms with Crippen molar-refractivity contribution in [1.82, 2.24) is 5.32 Å². The van der Waals surface area contributed by atoms with E-state index in [1.165, 1.54) is 17.5 Å². The van der Waals surface area contributed by atoms with Gasteiger partial charge in [0.05, 0.1) is 0 Å². The van der Waals surface area contributed by atoms with Gasteiger partial charge in [-0.2, -0.15) is 0 Å². The lowest BCUT2D eigenvalue weighted by Crippen LogP contribution is -2.24. The highest BCUT2D eigenvalue weighted by molar-refractivity contribution is 5.96. The molecule has 1 saturated heterocycles. The minimum atomic E-state index is 0.270. The number of Topliss-reactive ketones (excluding diaryl/α,β-unsaturated/α-hetero) is 1. The lowest BCUT2D eigenvalue weighted by atomic mass is 9.99. The Balaban J connectivity index is 2.07. The largest absolute Gasteiger partial charge is 0.314 e. The zero-order valence-corrected chi connectivity index (χ0v) is 10.0. The predicted octanol–water partition coefficient (Wildman–Crippen LogP) is 2.63. The molecular weight excluding hydrogens is 198 g/mol. The van der Waals surface area contributed by atoms with Crippen LogP contribution in [0.3, 0.4) is 0 Å². The lowest BCUT2D eigenvalue weighted by Gasteiger charge is -2.09. The molecule has 0 spiro atoms. The third kappa shape index (κ3) is 2.70. The van der Waals surface area contributed by atoms with E-state index in [2.05, 4.69) is 11.4 Å². The predicted molar refractivity (Wildman–Crippen MR) is 65.9 cm³/mol. The average Bonchev–Trinajstić information content (AvgIpc) is 2.68. The fraction of sp³-hybridized carbons (Fsp3) is 0.500. The molecule has 1 fully saturated rings. The molecule has 2 nitrogen and oxygen atoms in total. The van der Waals surface area contributed by atoms with E-state index in [-0.39, 0.29) is 5.78 Å². The lowest BCUT2D eigenvalue weighted by molar-refractivity contribution is 0.0971. The van der Waals surface area contributed by atoms with Gasteiger partial charge >= 0.3 is 0 Å². The van der Waals surface area contributed by atoms with E-state index in [1.54, 1.807) is 0 Å². The molecule has 1 aliphatic heterocycles. The molecule has 86 valence electrons. The summed E-state index contributed by atoms with van der Waals surface area (Å²) in [4.78, 5) is 12.1. The number of nitrogens with one attached hydrogen (secondary N) is 1. The highest BCUT2D eigenvalue weighted by Crippen LogP contribution is 2.15. The molecule has 16 heavy (non-hydrogen) atoms. The molecule has 1 N–H and O–H groups in total. The fourth-order valence-electron chi connectivity index (χ4n) is 2.41. The third-order valence-corrected chi connectivity index (χ3v) is 3.14. The maximum Gasteiger partial charge on any atom is 0.164 e. The molecule has 0 amide bonds. The summed E-state index contributed by atoms with van der Waals surface area (Å²) in [6.07, 6.45) is 2.98. The van der Waals surface area contributed by atoms with Crippen molar-refractivity contribution < 1.29 is 4.79 Å². The molecule has 2 rings (SSSR count). The van der Waals surface area contributed by atoms with Crippen LogP contribution in [0.2, 0.25) is 0 Å². The molecule has 1 aromatic rings. The summed E-state index contributed by atoms with van der Waals surface area (Å²) in [6, 6.07) is 6.48. The van der Waals surface area contributed by atoms with Gasteiger partial charge in [-0.05, 0) is 45.4 Å². The van der Waals surface area contributed by atoms with Crippen LogP contribution < -0.4 is 5.32 Å². The number of aryl methyl sites for hydroxylation is 2. The molecule has 0 aliphatic carbocycles. The summed E-state index contributed by atoms with van der Waals surface area (Å²) in [7, 11) is 0. The van der Waals surface area contributed by atoms with Gasteiger partial charge in [0.15, 0.2) is 5.78 Å². The topological polar surface area (TPSA) is 29.1 Å². The van der Waals surface area contributed by atoms with Crippen LogP contribution in [0.4, 0.5) is 0 Å². The first-order chi connectivity index (χ1) is 7.65. The van der Waals surface area contributed by atoms with Crippen LogP contribution in [0.1, 0.15) is 40.7 Å². The quantitative estimate of drug-likeness (QED) is 0.789. The molecule has 0 bridgehead atoms. The molecule has 1 atom stereocenters. The number of ketones is 1. The van der Waals surface area contributed by atoms with Gasteiger partial charge in [-0.15, -0.1) is 0 Å². The van der Waals surface area contributed by atoms with Crippen LogP contribution in [0, 0.1) is 13.8 Å². The van der Waals surface area contributed by atoms with Crippen LogP contribution in [0.25, 0.3) is 0 Å². The van der Waals surface area contributed by atoms with Crippen molar-refractivity contribution in [2.45, 2.75) is 39.2 Å². The third-order valence-electron chi connectivity index (χ3n) is 3.14. The molecule has 1 aromatic carbocycles. The number of hydrogen-bond acceptors (Lipinski definition) is 2. The van der Waals surface area contributed by atoms with E-state index in [4.69, 9.17) is 0 Å². The number of carbonyl (C=O) groups excluding carboxylic acids is 1. The van der Waals surface area contributed by atoms with Gasteiger partial charge in [-0.3, -0.25) is 4.79 Å². The first kappa shape index (κ1) is 11.3. The van der Waals surface area contributed by atoms with Crippen molar-refractivity contribution in [1.29, 1.82) is 0 Å². The summed E-state index contributed by atoms with van der Waals surface area (Å²) in [6.45, 7) is 5.14. The first-order valence-corrected chi connectivity index (χ1v) is 6.00. The van der Waals surface area contributed by atoms with Gasteiger partial charge in [-0.25, -0.2) is 0 Å². The van der Waals surface area contributed by atoms with Crippen molar-refractivity contribution in [3.63, 3.8) is 0 Å². The number of benzene rings is 1. The summed E-state index contributed by atoms with van der Waals surface area (Å²) in [5, 5.41) is 3.37. The van der Waals surface area contributed by atoms with Crippen molar-refractivity contribution in [3.8, 4) is 0 Å². The van der Waals surface area contributed by atoms with Gasteiger partial charge < -0.3 is 5.32 Å². The van der Waals surface area contributed by atoms with Gasteiger partial charge in [0.1, 0.15) is 0 Å².